The zero-order chi connectivity index (χ0) is 21.3. The number of rotatable bonds is 5. The standard InChI is InChI=1S/C23H29N3O3S/c1-17-12-18(2)14-21(13-17)24-23(27)16-25-8-10-26(11-9-25)30(28,29)22-7-6-19-4-3-5-20(19)15-22/h6-7,12-15H,3-5,8-11,16H2,1-2H3,(H,24,27)/p+1. The van der Waals surface area contributed by atoms with E-state index in [0.29, 0.717) is 37.6 Å². The molecule has 0 atom stereocenters. The maximum atomic E-state index is 13.1. The van der Waals surface area contributed by atoms with Crippen molar-refractivity contribution in [2.24, 2.45) is 0 Å². The molecule has 1 fully saturated rings. The van der Waals surface area contributed by atoms with Gasteiger partial charge >= 0.3 is 0 Å². The molecule has 0 saturated carbocycles. The fraction of sp³-hybridized carbons (Fsp3) is 0.435. The molecule has 1 heterocycles. The van der Waals surface area contributed by atoms with E-state index in [4.69, 9.17) is 0 Å². The zero-order valence-electron chi connectivity index (χ0n) is 17.7. The van der Waals surface area contributed by atoms with Gasteiger partial charge in [-0.15, -0.1) is 0 Å². The van der Waals surface area contributed by atoms with Crippen LogP contribution in [-0.2, 0) is 27.7 Å². The van der Waals surface area contributed by atoms with Crippen molar-refractivity contribution in [1.29, 1.82) is 0 Å². The van der Waals surface area contributed by atoms with Gasteiger partial charge < -0.3 is 10.2 Å². The van der Waals surface area contributed by atoms with Gasteiger partial charge in [-0.1, -0.05) is 12.1 Å². The lowest BCUT2D eigenvalue weighted by atomic mass is 10.1. The monoisotopic (exact) mass is 428 g/mol. The van der Waals surface area contributed by atoms with Gasteiger partial charge in [0.25, 0.3) is 5.91 Å². The first kappa shape index (κ1) is 21.0. The number of carbonyl (C=O) groups excluding carboxylic acids is 1. The van der Waals surface area contributed by atoms with Gasteiger partial charge in [-0.3, -0.25) is 4.79 Å². The Labute approximate surface area is 178 Å². The van der Waals surface area contributed by atoms with Gasteiger partial charge in [0, 0.05) is 5.69 Å². The number of aryl methyl sites for hydroxylation is 4. The van der Waals surface area contributed by atoms with Crippen LogP contribution in [0.2, 0.25) is 0 Å². The average molecular weight is 429 g/mol. The molecule has 1 aliphatic heterocycles. The fourth-order valence-corrected chi connectivity index (χ4v) is 6.05. The number of fused-ring (bicyclic) bond motifs is 1. The Balaban J connectivity index is 1.33. The van der Waals surface area contributed by atoms with Crippen molar-refractivity contribution in [2.75, 3.05) is 38.0 Å². The molecule has 0 spiro atoms. The van der Waals surface area contributed by atoms with Crippen molar-refractivity contribution < 1.29 is 18.1 Å². The van der Waals surface area contributed by atoms with E-state index in [2.05, 4.69) is 11.4 Å². The summed E-state index contributed by atoms with van der Waals surface area (Å²) in [7, 11) is -3.47. The van der Waals surface area contributed by atoms with Gasteiger partial charge in [0.1, 0.15) is 0 Å². The first-order chi connectivity index (χ1) is 14.3. The lowest BCUT2D eigenvalue weighted by Crippen LogP contribution is -3.15. The Morgan fingerprint density at radius 2 is 1.67 bits per heavy atom. The van der Waals surface area contributed by atoms with E-state index in [1.54, 1.807) is 10.4 Å². The van der Waals surface area contributed by atoms with E-state index in [9.17, 15) is 13.2 Å². The van der Waals surface area contributed by atoms with Crippen LogP contribution in [0.1, 0.15) is 28.7 Å². The Hall–Kier alpha value is -2.22. The van der Waals surface area contributed by atoms with Crippen LogP contribution in [0.15, 0.2) is 41.3 Å². The number of carbonyl (C=O) groups is 1. The molecule has 1 amide bonds. The predicted octanol–water partition coefficient (Wildman–Crippen LogP) is 1.32. The summed E-state index contributed by atoms with van der Waals surface area (Å²) < 4.78 is 27.7. The van der Waals surface area contributed by atoms with Crippen molar-refractivity contribution >= 4 is 21.6 Å². The minimum Gasteiger partial charge on any atom is -0.325 e. The first-order valence-electron chi connectivity index (χ1n) is 10.6. The molecule has 6 nitrogen and oxygen atoms in total. The maximum absolute atomic E-state index is 13.1. The molecular weight excluding hydrogens is 398 g/mol. The van der Waals surface area contributed by atoms with Gasteiger partial charge in [-0.2, -0.15) is 4.31 Å². The van der Waals surface area contributed by atoms with Gasteiger partial charge in [0.2, 0.25) is 10.0 Å². The highest BCUT2D eigenvalue weighted by atomic mass is 32.2. The molecule has 4 rings (SSSR count). The number of piperazine rings is 1. The molecule has 1 aliphatic carbocycles. The summed E-state index contributed by atoms with van der Waals surface area (Å²) in [4.78, 5) is 14.0. The van der Waals surface area contributed by atoms with Gasteiger partial charge in [-0.25, -0.2) is 8.42 Å². The van der Waals surface area contributed by atoms with E-state index < -0.39 is 10.0 Å². The van der Waals surface area contributed by atoms with Crippen molar-refractivity contribution in [3.05, 3.63) is 58.7 Å². The number of hydrogen-bond acceptors (Lipinski definition) is 3. The third-order valence-electron chi connectivity index (χ3n) is 6.05. The quantitative estimate of drug-likeness (QED) is 0.755. The highest BCUT2D eigenvalue weighted by molar-refractivity contribution is 7.89. The number of nitrogens with one attached hydrogen (secondary N) is 2. The Kier molecular flexibility index (Phi) is 5.95. The predicted molar refractivity (Wildman–Crippen MR) is 117 cm³/mol. The van der Waals surface area contributed by atoms with E-state index in [0.717, 1.165) is 41.0 Å². The second-order valence-electron chi connectivity index (χ2n) is 8.54. The van der Waals surface area contributed by atoms with E-state index in [1.807, 2.05) is 38.1 Å². The SMILES string of the molecule is Cc1cc(C)cc(NC(=O)C[NH+]2CCN(S(=O)(=O)c3ccc4c(c3)CCC4)CC2)c1. The van der Waals surface area contributed by atoms with Crippen LogP contribution in [0.4, 0.5) is 5.69 Å². The summed E-state index contributed by atoms with van der Waals surface area (Å²) in [6, 6.07) is 11.6. The lowest BCUT2D eigenvalue weighted by Gasteiger charge is -2.31. The zero-order valence-corrected chi connectivity index (χ0v) is 18.5. The molecule has 2 aromatic rings. The van der Waals surface area contributed by atoms with Crippen LogP contribution in [0.3, 0.4) is 0 Å². The molecule has 160 valence electrons. The summed E-state index contributed by atoms with van der Waals surface area (Å²) in [5.41, 5.74) is 5.49. The topological polar surface area (TPSA) is 70.9 Å². The molecule has 0 bridgehead atoms. The molecule has 30 heavy (non-hydrogen) atoms. The summed E-state index contributed by atoms with van der Waals surface area (Å²) in [5.74, 6) is -0.0371. The largest absolute Gasteiger partial charge is 0.325 e. The number of benzene rings is 2. The number of sulfonamides is 1. The van der Waals surface area contributed by atoms with E-state index in [1.165, 1.54) is 11.1 Å². The highest BCUT2D eigenvalue weighted by Crippen LogP contribution is 2.26. The van der Waals surface area contributed by atoms with Crippen molar-refractivity contribution in [1.82, 2.24) is 4.31 Å². The summed E-state index contributed by atoms with van der Waals surface area (Å²) in [5, 5.41) is 2.97. The molecule has 2 N–H and O–H groups in total. The number of nitrogens with zero attached hydrogens (tertiary/aromatic N) is 1. The minimum absolute atomic E-state index is 0.0371. The average Bonchev–Trinajstić information content (AvgIpc) is 3.15. The third kappa shape index (κ3) is 4.58. The Morgan fingerprint density at radius 1 is 1.00 bits per heavy atom. The summed E-state index contributed by atoms with van der Waals surface area (Å²) >= 11 is 0. The second kappa shape index (κ2) is 8.49. The second-order valence-corrected chi connectivity index (χ2v) is 10.5. The number of quaternary nitrogens is 1. The maximum Gasteiger partial charge on any atom is 0.279 e. The molecular formula is C23H30N3O3S+. The van der Waals surface area contributed by atoms with Crippen molar-refractivity contribution in [3.8, 4) is 0 Å². The molecule has 2 aromatic carbocycles. The molecule has 0 aromatic heterocycles. The Morgan fingerprint density at radius 3 is 2.37 bits per heavy atom. The molecule has 0 unspecified atom stereocenters. The van der Waals surface area contributed by atoms with Gasteiger partial charge in [0.05, 0.1) is 31.1 Å². The molecule has 1 saturated heterocycles. The number of hydrogen-bond donors (Lipinski definition) is 2. The van der Waals surface area contributed by atoms with Crippen LogP contribution in [0, 0.1) is 13.8 Å². The van der Waals surface area contributed by atoms with Gasteiger partial charge in [0.15, 0.2) is 6.54 Å². The number of anilines is 1. The number of amides is 1. The highest BCUT2D eigenvalue weighted by Gasteiger charge is 2.31. The van der Waals surface area contributed by atoms with Crippen LogP contribution >= 0.6 is 0 Å². The minimum atomic E-state index is -3.47. The van der Waals surface area contributed by atoms with Gasteiger partial charge in [-0.05, 0) is 79.6 Å². The summed E-state index contributed by atoms with van der Waals surface area (Å²) in [6.07, 6.45) is 3.11. The van der Waals surface area contributed by atoms with E-state index in [-0.39, 0.29) is 5.91 Å². The van der Waals surface area contributed by atoms with Crippen molar-refractivity contribution in [3.63, 3.8) is 0 Å². The normalized spacial score (nSPS) is 17.7. The van der Waals surface area contributed by atoms with Crippen LogP contribution in [0.25, 0.3) is 0 Å². The summed E-state index contributed by atoms with van der Waals surface area (Å²) in [6.45, 7) is 6.49. The fourth-order valence-electron chi connectivity index (χ4n) is 4.56. The molecule has 0 radical (unpaired) electrons. The lowest BCUT2D eigenvalue weighted by molar-refractivity contribution is -0.895. The van der Waals surface area contributed by atoms with Crippen LogP contribution in [0.5, 0.6) is 0 Å². The Bertz CT molecular complexity index is 1040. The van der Waals surface area contributed by atoms with Crippen molar-refractivity contribution in [2.45, 2.75) is 38.0 Å². The third-order valence-corrected chi connectivity index (χ3v) is 7.95. The smallest absolute Gasteiger partial charge is 0.279 e. The first-order valence-corrected chi connectivity index (χ1v) is 12.1. The molecule has 2 aliphatic rings. The molecule has 7 heteroatoms. The van der Waals surface area contributed by atoms with Crippen LogP contribution in [-0.4, -0.2) is 51.4 Å². The van der Waals surface area contributed by atoms with Crippen LogP contribution < -0.4 is 10.2 Å². The van der Waals surface area contributed by atoms with E-state index >= 15 is 0 Å².